The first-order valence-electron chi connectivity index (χ1n) is 30.2. The zero-order valence-corrected chi connectivity index (χ0v) is 49.4. The van der Waals surface area contributed by atoms with Gasteiger partial charge < -0.3 is 8.98 Å². The van der Waals surface area contributed by atoms with Gasteiger partial charge in [0.05, 0.1) is 16.4 Å². The van der Waals surface area contributed by atoms with Crippen LogP contribution in [0.2, 0.25) is 0 Å². The molecule has 0 atom stereocenters. The van der Waals surface area contributed by atoms with Gasteiger partial charge in [0.2, 0.25) is 5.89 Å². The van der Waals surface area contributed by atoms with Gasteiger partial charge in [-0.1, -0.05) is 271 Å². The number of oxazole rings is 1. The number of aromatic nitrogens is 2. The number of fused-ring (bicyclic) bond motifs is 7. The van der Waals surface area contributed by atoms with Crippen molar-refractivity contribution in [3.05, 3.63) is 326 Å². The van der Waals surface area contributed by atoms with Crippen LogP contribution in [0.15, 0.2) is 308 Å². The van der Waals surface area contributed by atoms with Gasteiger partial charge in [0, 0.05) is 22.0 Å². The molecule has 2 aromatic heterocycles. The lowest BCUT2D eigenvalue weighted by atomic mass is 9.67. The SMILES string of the molecule is C=C/C=C\CCC/C=C\C.CC.CC.c1ccc(C2(c3ccccc3)c3ccccc3-c3ccc(-c4ccc5c(c4)c4ccccc4n5-c4ccc(-c5ccccc5-c5ccccc5-c5ccc(-c6nc7ccccc7o6)cc5)cc4)cc32)cc1. The molecule has 0 bridgehead atoms. The predicted molar refractivity (Wildman–Crippen MR) is 364 cm³/mol. The Labute approximate surface area is 502 Å². The van der Waals surface area contributed by atoms with Gasteiger partial charge in [0.15, 0.2) is 5.58 Å². The lowest BCUT2D eigenvalue weighted by molar-refractivity contribution is 0.620. The number of rotatable bonds is 13. The number of allylic oxidation sites excluding steroid dienone is 5. The fourth-order valence-corrected chi connectivity index (χ4v) is 12.3. The average Bonchev–Trinajstić information content (AvgIpc) is 1.66. The minimum Gasteiger partial charge on any atom is -0.436 e. The van der Waals surface area contributed by atoms with E-state index in [1.165, 1.54) is 101 Å². The molecule has 3 heteroatoms. The maximum atomic E-state index is 6.09. The van der Waals surface area contributed by atoms with Crippen molar-refractivity contribution in [1.29, 1.82) is 0 Å². The highest BCUT2D eigenvalue weighted by Crippen LogP contribution is 2.57. The number of hydrogen-bond acceptors (Lipinski definition) is 2. The van der Waals surface area contributed by atoms with Gasteiger partial charge in [-0.05, 0) is 165 Å². The third kappa shape index (κ3) is 11.1. The highest BCUT2D eigenvalue weighted by molar-refractivity contribution is 6.10. The van der Waals surface area contributed by atoms with Crippen LogP contribution in [0.1, 0.15) is 76.1 Å². The van der Waals surface area contributed by atoms with Crippen molar-refractivity contribution >= 4 is 32.9 Å². The van der Waals surface area contributed by atoms with Crippen molar-refractivity contribution in [2.45, 2.75) is 59.3 Å². The molecule has 0 radical (unpaired) electrons. The van der Waals surface area contributed by atoms with E-state index in [-0.39, 0.29) is 0 Å². The molecule has 0 saturated heterocycles. The van der Waals surface area contributed by atoms with E-state index in [0.29, 0.717) is 5.89 Å². The van der Waals surface area contributed by atoms with Crippen LogP contribution in [0.4, 0.5) is 0 Å². The van der Waals surface area contributed by atoms with E-state index in [9.17, 15) is 0 Å². The standard InChI is InChI=1S/C68H44N2O.C10H16.2C2H6/c1-3-17-50(18-4-1)68(51-19-5-2-6-20-51)61-27-13-11-25-57(61)58-41-37-49(44-62(58)68)48-38-42-65-60(43-48)59-26-12-15-29-64(59)70(65)52-39-35-46(36-40-52)54-22-8-10-24-56(54)55-23-9-7-21-53(55)45-31-33-47(34-32-45)67-69-63-28-14-16-30-66(63)71-67;1-3-5-7-9-10-8-6-4-2;2*1-2/h1-44H;3-7H,1,8-10H2,2H3;2*1-2H3/b;6-4-,7-5-;;. The van der Waals surface area contributed by atoms with Crippen LogP contribution in [0.5, 0.6) is 0 Å². The molecule has 0 fully saturated rings. The number of para-hydroxylation sites is 3. The van der Waals surface area contributed by atoms with Gasteiger partial charge in [-0.15, -0.1) is 0 Å². The summed E-state index contributed by atoms with van der Waals surface area (Å²) in [7, 11) is 0. The smallest absolute Gasteiger partial charge is 0.227 e. The molecular formula is C82H72N2O. The van der Waals surface area contributed by atoms with E-state index in [1.807, 2.05) is 64.1 Å². The minimum atomic E-state index is -0.456. The number of hydrogen-bond donors (Lipinski definition) is 0. The maximum absolute atomic E-state index is 6.09. The normalized spacial score (nSPS) is 12.0. The van der Waals surface area contributed by atoms with Crippen LogP contribution in [0.25, 0.3) is 106 Å². The molecule has 0 N–H and O–H groups in total. The Morgan fingerprint density at radius 1 is 0.424 bits per heavy atom. The molecule has 11 aromatic carbocycles. The molecule has 0 aliphatic heterocycles. The molecule has 2 heterocycles. The Hall–Kier alpha value is -10.1. The number of unbranched alkanes of at least 4 members (excludes halogenated alkanes) is 2. The third-order valence-electron chi connectivity index (χ3n) is 16.0. The molecule has 1 aliphatic rings. The lowest BCUT2D eigenvalue weighted by Crippen LogP contribution is -2.28. The summed E-state index contributed by atoms with van der Waals surface area (Å²) in [6, 6.07) is 97.0. The van der Waals surface area contributed by atoms with Crippen LogP contribution < -0.4 is 0 Å². The molecule has 13 aromatic rings. The maximum Gasteiger partial charge on any atom is 0.227 e. The van der Waals surface area contributed by atoms with E-state index in [4.69, 9.17) is 9.40 Å². The lowest BCUT2D eigenvalue weighted by Gasteiger charge is -2.34. The highest BCUT2D eigenvalue weighted by Gasteiger charge is 2.46. The Morgan fingerprint density at radius 2 is 0.918 bits per heavy atom. The molecule has 85 heavy (non-hydrogen) atoms. The highest BCUT2D eigenvalue weighted by atomic mass is 16.3. The van der Waals surface area contributed by atoms with E-state index in [0.717, 1.165) is 39.9 Å². The first-order chi connectivity index (χ1) is 42.1. The Kier molecular flexibility index (Phi) is 17.7. The van der Waals surface area contributed by atoms with Crippen molar-refractivity contribution < 1.29 is 4.42 Å². The van der Waals surface area contributed by atoms with Crippen molar-refractivity contribution in [2.75, 3.05) is 0 Å². The van der Waals surface area contributed by atoms with Gasteiger partial charge >= 0.3 is 0 Å². The summed E-state index contributed by atoms with van der Waals surface area (Å²) in [5.74, 6) is 0.627. The van der Waals surface area contributed by atoms with Crippen LogP contribution in [0, 0.1) is 0 Å². The fraction of sp³-hybridized carbons (Fsp3) is 0.110. The molecule has 0 spiro atoms. The predicted octanol–water partition coefficient (Wildman–Crippen LogP) is 23.2. The van der Waals surface area contributed by atoms with Crippen LogP contribution >= 0.6 is 0 Å². The average molecular weight is 1100 g/mol. The van der Waals surface area contributed by atoms with E-state index in [1.54, 1.807) is 0 Å². The van der Waals surface area contributed by atoms with E-state index < -0.39 is 5.41 Å². The molecular weight excluding hydrogens is 1030 g/mol. The summed E-state index contributed by atoms with van der Waals surface area (Å²) in [6.45, 7) is 13.6. The number of nitrogens with zero attached hydrogens (tertiary/aromatic N) is 2. The second-order valence-corrected chi connectivity index (χ2v) is 20.7. The summed E-state index contributed by atoms with van der Waals surface area (Å²) in [6.07, 6.45) is 13.9. The van der Waals surface area contributed by atoms with Gasteiger partial charge in [0.25, 0.3) is 0 Å². The second-order valence-electron chi connectivity index (χ2n) is 20.7. The van der Waals surface area contributed by atoms with Crippen molar-refractivity contribution in [3.8, 4) is 72.8 Å². The van der Waals surface area contributed by atoms with Gasteiger partial charge in [-0.25, -0.2) is 4.98 Å². The van der Waals surface area contributed by atoms with E-state index in [2.05, 4.69) is 279 Å². The van der Waals surface area contributed by atoms with Crippen molar-refractivity contribution in [3.63, 3.8) is 0 Å². The first kappa shape index (κ1) is 56.8. The van der Waals surface area contributed by atoms with E-state index >= 15 is 0 Å². The zero-order chi connectivity index (χ0) is 58.5. The molecule has 1 aliphatic carbocycles. The van der Waals surface area contributed by atoms with Crippen LogP contribution in [-0.4, -0.2) is 9.55 Å². The van der Waals surface area contributed by atoms with Gasteiger partial charge in [-0.3, -0.25) is 0 Å². The minimum absolute atomic E-state index is 0.456. The third-order valence-corrected chi connectivity index (χ3v) is 16.0. The molecule has 416 valence electrons. The molecule has 14 rings (SSSR count). The molecule has 3 nitrogen and oxygen atoms in total. The largest absolute Gasteiger partial charge is 0.436 e. The quantitative estimate of drug-likeness (QED) is 0.0654. The second kappa shape index (κ2) is 26.4. The summed E-state index contributed by atoms with van der Waals surface area (Å²) in [5, 5.41) is 2.46. The van der Waals surface area contributed by atoms with Crippen LogP contribution in [-0.2, 0) is 5.41 Å². The summed E-state index contributed by atoms with van der Waals surface area (Å²) in [5.41, 5.74) is 22.8. The van der Waals surface area contributed by atoms with Crippen LogP contribution in [0.3, 0.4) is 0 Å². The Bertz CT molecular complexity index is 4370. The number of benzene rings is 11. The van der Waals surface area contributed by atoms with Gasteiger partial charge in [-0.2, -0.15) is 0 Å². The Balaban J connectivity index is 0.000000486. The fourth-order valence-electron chi connectivity index (χ4n) is 12.3. The summed E-state index contributed by atoms with van der Waals surface area (Å²) < 4.78 is 8.51. The monoisotopic (exact) mass is 1100 g/mol. The van der Waals surface area contributed by atoms with Crippen molar-refractivity contribution in [1.82, 2.24) is 9.55 Å². The topological polar surface area (TPSA) is 31.0 Å². The van der Waals surface area contributed by atoms with Gasteiger partial charge in [0.1, 0.15) is 5.52 Å². The molecule has 0 unspecified atom stereocenters. The summed E-state index contributed by atoms with van der Waals surface area (Å²) >= 11 is 0. The molecule has 0 saturated carbocycles. The Morgan fingerprint density at radius 3 is 1.56 bits per heavy atom. The summed E-state index contributed by atoms with van der Waals surface area (Å²) in [4.78, 5) is 4.73. The van der Waals surface area contributed by atoms with Crippen molar-refractivity contribution in [2.24, 2.45) is 0 Å². The molecule has 0 amide bonds. The first-order valence-corrected chi connectivity index (χ1v) is 30.2. The zero-order valence-electron chi connectivity index (χ0n) is 49.4.